The Kier molecular flexibility index (Phi) is 9.49. The lowest BCUT2D eigenvalue weighted by Crippen LogP contribution is -2.35. The molecule has 2 atom stereocenters. The molecule has 41 heavy (non-hydrogen) atoms. The van der Waals surface area contributed by atoms with Crippen LogP contribution in [-0.2, 0) is 0 Å². The van der Waals surface area contributed by atoms with E-state index in [1.54, 1.807) is 73.8 Å². The molecule has 0 aromatic heterocycles. The highest BCUT2D eigenvalue weighted by Gasteiger charge is 2.17. The normalized spacial score (nSPS) is 12.4. The quantitative estimate of drug-likeness (QED) is 0.151. The number of aliphatic hydroxyl groups excluding tert-OH is 1. The van der Waals surface area contributed by atoms with E-state index in [4.69, 9.17) is 14.2 Å². The highest BCUT2D eigenvalue weighted by Crippen LogP contribution is 2.35. The van der Waals surface area contributed by atoms with Gasteiger partial charge in [-0.15, -0.1) is 0 Å². The Bertz CT molecular complexity index is 1460. The van der Waals surface area contributed by atoms with Crippen LogP contribution in [0.15, 0.2) is 78.9 Å². The van der Waals surface area contributed by atoms with Crippen molar-refractivity contribution in [2.75, 3.05) is 20.3 Å². The summed E-state index contributed by atoms with van der Waals surface area (Å²) in [5.41, 5.74) is 4.40. The molecule has 4 aromatic rings. The molecule has 0 unspecified atom stereocenters. The smallest absolute Gasteiger partial charge is 0.339 e. The van der Waals surface area contributed by atoms with Crippen LogP contribution in [0, 0.1) is 13.8 Å². The monoisotopic (exact) mass is 557 g/mol. The maximum Gasteiger partial charge on any atom is 0.339 e. The maximum atomic E-state index is 11.9. The van der Waals surface area contributed by atoms with Crippen LogP contribution in [0.4, 0.5) is 0 Å². The Morgan fingerprint density at radius 3 is 2.12 bits per heavy atom. The van der Waals surface area contributed by atoms with Crippen LogP contribution in [-0.4, -0.2) is 47.6 Å². The lowest BCUT2D eigenvalue weighted by molar-refractivity contribution is 0.0694. The summed E-state index contributed by atoms with van der Waals surface area (Å²) < 4.78 is 17.2. The van der Waals surface area contributed by atoms with Gasteiger partial charge in [-0.25, -0.2) is 4.79 Å². The van der Waals surface area contributed by atoms with Gasteiger partial charge in [0.15, 0.2) is 0 Å². The predicted octanol–water partition coefficient (Wildman–Crippen LogP) is 6.27. The van der Waals surface area contributed by atoms with E-state index in [2.05, 4.69) is 5.32 Å². The first-order valence-electron chi connectivity index (χ1n) is 13.3. The van der Waals surface area contributed by atoms with E-state index in [0.717, 1.165) is 33.6 Å². The van der Waals surface area contributed by atoms with Crippen molar-refractivity contribution in [3.05, 3.63) is 101 Å². The molecule has 4 N–H and O–H groups in total. The molecular formula is C33H35NO7. The van der Waals surface area contributed by atoms with Crippen molar-refractivity contribution in [2.45, 2.75) is 32.9 Å². The maximum absolute atomic E-state index is 11.9. The van der Waals surface area contributed by atoms with Crippen molar-refractivity contribution in [1.82, 2.24) is 5.32 Å². The van der Waals surface area contributed by atoms with E-state index in [1.807, 2.05) is 32.9 Å². The van der Waals surface area contributed by atoms with Gasteiger partial charge in [-0.3, -0.25) is 0 Å². The van der Waals surface area contributed by atoms with Crippen LogP contribution in [0.3, 0.4) is 0 Å². The summed E-state index contributed by atoms with van der Waals surface area (Å²) in [6, 6.07) is 22.3. The number of methoxy groups -OCH3 is 1. The molecule has 0 aliphatic rings. The van der Waals surface area contributed by atoms with Crippen LogP contribution < -0.4 is 19.5 Å². The number of nitrogens with one attached hydrogen (secondary N) is 1. The average Bonchev–Trinajstić information content (AvgIpc) is 2.96. The lowest BCUT2D eigenvalue weighted by Gasteiger charge is -2.21. The van der Waals surface area contributed by atoms with Gasteiger partial charge < -0.3 is 34.8 Å². The molecule has 8 nitrogen and oxygen atoms in total. The first-order valence-corrected chi connectivity index (χ1v) is 13.3. The van der Waals surface area contributed by atoms with Gasteiger partial charge in [0.05, 0.1) is 13.2 Å². The summed E-state index contributed by atoms with van der Waals surface area (Å²) in [5, 5.41) is 33.0. The third-order valence-corrected chi connectivity index (χ3v) is 6.82. The molecule has 0 radical (unpaired) electrons. The number of phenolic OH excluding ortho intramolecular Hbond substituents is 1. The number of rotatable bonds is 12. The molecule has 214 valence electrons. The van der Waals surface area contributed by atoms with Crippen LogP contribution in [0.5, 0.6) is 28.7 Å². The van der Waals surface area contributed by atoms with Crippen molar-refractivity contribution in [2.24, 2.45) is 0 Å². The molecule has 4 aromatic carbocycles. The molecule has 0 bridgehead atoms. The minimum Gasteiger partial charge on any atom is -0.508 e. The average molecular weight is 558 g/mol. The number of carboxylic acids is 1. The highest BCUT2D eigenvalue weighted by molar-refractivity contribution is 5.92. The molecule has 0 aliphatic carbocycles. The molecule has 0 saturated heterocycles. The zero-order valence-corrected chi connectivity index (χ0v) is 23.5. The molecule has 0 aliphatic heterocycles. The Balaban J connectivity index is 1.43. The summed E-state index contributed by atoms with van der Waals surface area (Å²) in [6.45, 7) is 6.76. The molecule has 8 heteroatoms. The number of carbonyl (C=O) groups is 1. The number of ether oxygens (including phenoxy) is 3. The van der Waals surface area contributed by atoms with E-state index in [1.165, 1.54) is 0 Å². The first kappa shape index (κ1) is 29.5. The van der Waals surface area contributed by atoms with E-state index in [9.17, 15) is 20.1 Å². The molecule has 0 amide bonds. The van der Waals surface area contributed by atoms with Gasteiger partial charge >= 0.3 is 5.97 Å². The fraction of sp³-hybridized carbons (Fsp3) is 0.242. The Morgan fingerprint density at radius 1 is 0.878 bits per heavy atom. The summed E-state index contributed by atoms with van der Waals surface area (Å²) in [7, 11) is 1.58. The predicted molar refractivity (Wildman–Crippen MR) is 157 cm³/mol. The van der Waals surface area contributed by atoms with Gasteiger partial charge in [-0.2, -0.15) is 0 Å². The summed E-state index contributed by atoms with van der Waals surface area (Å²) in [5.74, 6) is 1.28. The molecule has 0 fully saturated rings. The fourth-order valence-corrected chi connectivity index (χ4v) is 4.59. The van der Waals surface area contributed by atoms with Crippen molar-refractivity contribution in [3.63, 3.8) is 0 Å². The highest BCUT2D eigenvalue weighted by atomic mass is 16.5. The minimum absolute atomic E-state index is 0.0650. The lowest BCUT2D eigenvalue weighted by atomic mass is 9.98. The SMILES string of the molecule is COc1ccc(Oc2cc(-c3cc(C)c(OCCN[C@H](C)[C@H](O)c4ccc(O)cc4)c(C)c3)ccc2C(=O)O)cc1. The third kappa shape index (κ3) is 7.36. The third-order valence-electron chi connectivity index (χ3n) is 6.82. The number of aryl methyl sites for hydroxylation is 2. The van der Waals surface area contributed by atoms with E-state index >= 15 is 0 Å². The minimum atomic E-state index is -1.07. The van der Waals surface area contributed by atoms with Crippen LogP contribution in [0.25, 0.3) is 11.1 Å². The molecular weight excluding hydrogens is 522 g/mol. The van der Waals surface area contributed by atoms with Crippen LogP contribution in [0.1, 0.15) is 40.1 Å². The van der Waals surface area contributed by atoms with Crippen LogP contribution in [0.2, 0.25) is 0 Å². The number of aromatic hydroxyl groups is 1. The van der Waals surface area contributed by atoms with E-state index in [-0.39, 0.29) is 23.1 Å². The van der Waals surface area contributed by atoms with Gasteiger partial charge in [0.1, 0.15) is 40.9 Å². The number of benzene rings is 4. The zero-order valence-electron chi connectivity index (χ0n) is 23.5. The van der Waals surface area contributed by atoms with Crippen molar-refractivity contribution < 1.29 is 34.3 Å². The Hall–Kier alpha value is -4.53. The largest absolute Gasteiger partial charge is 0.508 e. The Morgan fingerprint density at radius 2 is 1.51 bits per heavy atom. The number of carboxylic acid groups (broad SMARTS) is 1. The molecule has 4 rings (SSSR count). The number of aliphatic hydroxyl groups is 1. The van der Waals surface area contributed by atoms with Crippen LogP contribution >= 0.6 is 0 Å². The second kappa shape index (κ2) is 13.2. The summed E-state index contributed by atoms with van der Waals surface area (Å²) in [4.78, 5) is 11.9. The Labute approximate surface area is 239 Å². The number of hydrogen-bond acceptors (Lipinski definition) is 7. The standard InChI is InChI=1S/C33H35NO7/c1-20-17-25(24-7-14-29(33(37)38)30(19-24)41-28-12-10-27(39-4)11-13-28)18-21(2)32(20)40-16-15-34-22(3)31(36)23-5-8-26(35)9-6-23/h5-14,17-19,22,31,34-36H,15-16H2,1-4H3,(H,37,38)/t22-,31+/m1/s1. The van der Waals surface area contributed by atoms with E-state index in [0.29, 0.717) is 24.7 Å². The number of hydrogen-bond donors (Lipinski definition) is 4. The van der Waals surface area contributed by atoms with E-state index < -0.39 is 12.1 Å². The molecule has 0 saturated carbocycles. The fourth-order valence-electron chi connectivity index (χ4n) is 4.59. The second-order valence-corrected chi connectivity index (χ2v) is 9.86. The van der Waals surface area contributed by atoms with Crippen molar-refractivity contribution >= 4 is 5.97 Å². The number of phenols is 1. The van der Waals surface area contributed by atoms with Crippen molar-refractivity contribution in [3.8, 4) is 39.9 Å². The van der Waals surface area contributed by atoms with Gasteiger partial charge in [0.25, 0.3) is 0 Å². The number of aromatic carboxylic acids is 1. The summed E-state index contributed by atoms with van der Waals surface area (Å²) in [6.07, 6.45) is -0.718. The van der Waals surface area contributed by atoms with Gasteiger partial charge in [-0.05, 0) is 109 Å². The topological polar surface area (TPSA) is 117 Å². The second-order valence-electron chi connectivity index (χ2n) is 9.86. The van der Waals surface area contributed by atoms with Crippen molar-refractivity contribution in [1.29, 1.82) is 0 Å². The van der Waals surface area contributed by atoms with Gasteiger partial charge in [0, 0.05) is 12.6 Å². The van der Waals surface area contributed by atoms with Gasteiger partial charge in [-0.1, -0.05) is 18.2 Å². The summed E-state index contributed by atoms with van der Waals surface area (Å²) >= 11 is 0. The first-order chi connectivity index (χ1) is 19.7. The molecule has 0 heterocycles. The van der Waals surface area contributed by atoms with Gasteiger partial charge in [0.2, 0.25) is 0 Å². The zero-order chi connectivity index (χ0) is 29.5. The molecule has 0 spiro atoms.